The summed E-state index contributed by atoms with van der Waals surface area (Å²) in [6.45, 7) is 2.95. The molecule has 1 aliphatic heterocycles. The molecule has 1 saturated heterocycles. The molecule has 0 aromatic heterocycles. The Hall–Kier alpha value is -0.690. The predicted octanol–water partition coefficient (Wildman–Crippen LogP) is 1.15. The summed E-state index contributed by atoms with van der Waals surface area (Å²) in [5.41, 5.74) is 0.561. The third-order valence-corrected chi connectivity index (χ3v) is 5.13. The van der Waals surface area contributed by atoms with E-state index in [2.05, 4.69) is 5.32 Å². The monoisotopic (exact) mass is 294 g/mol. The fourth-order valence-electron chi connectivity index (χ4n) is 1.73. The second-order valence-corrected chi connectivity index (χ2v) is 6.21. The Labute approximate surface area is 113 Å². The number of nitrogens with zero attached hydrogens (tertiary/aromatic N) is 1. The van der Waals surface area contributed by atoms with Crippen LogP contribution in [0.2, 0.25) is 0 Å². The molecule has 0 amide bonds. The molecule has 1 aromatic carbocycles. The first kappa shape index (κ1) is 15.4. The molecule has 7 heteroatoms. The number of hydrogen-bond donors (Lipinski definition) is 1. The van der Waals surface area contributed by atoms with Crippen LogP contribution < -0.4 is 5.32 Å². The van der Waals surface area contributed by atoms with Crippen molar-refractivity contribution in [1.82, 2.24) is 9.62 Å². The second-order valence-electron chi connectivity index (χ2n) is 4.24. The number of hydrogen-bond acceptors (Lipinski definition) is 3. The number of likely N-dealkylation sites (N-methyl/N-ethyl adjacent to an activating group) is 1. The molecule has 0 aliphatic carbocycles. The standard InChI is InChI=1S/C11H15FN2O2S.ClH/c1-8-3-4-9(12)5-11(8)17(15,16)14(2)10-6-13-7-10;/h3-5,10,13H,6-7H2,1-2H3;1H. The van der Waals surface area contributed by atoms with Gasteiger partial charge in [-0.25, -0.2) is 12.8 Å². The van der Waals surface area contributed by atoms with Crippen LogP contribution in [0.25, 0.3) is 0 Å². The molecule has 1 fully saturated rings. The molecule has 0 atom stereocenters. The third-order valence-electron chi connectivity index (χ3n) is 3.08. The van der Waals surface area contributed by atoms with Gasteiger partial charge in [-0.05, 0) is 24.6 Å². The van der Waals surface area contributed by atoms with Gasteiger partial charge in [0.05, 0.1) is 4.90 Å². The van der Waals surface area contributed by atoms with Crippen molar-refractivity contribution in [2.75, 3.05) is 20.1 Å². The van der Waals surface area contributed by atoms with Crippen LogP contribution in [0.3, 0.4) is 0 Å². The zero-order chi connectivity index (χ0) is 12.6. The molecule has 102 valence electrons. The molecule has 1 heterocycles. The van der Waals surface area contributed by atoms with Gasteiger partial charge in [0.15, 0.2) is 0 Å². The maximum atomic E-state index is 13.1. The fraction of sp³-hybridized carbons (Fsp3) is 0.455. The van der Waals surface area contributed by atoms with Crippen LogP contribution in [0.5, 0.6) is 0 Å². The van der Waals surface area contributed by atoms with Gasteiger partial charge in [-0.3, -0.25) is 0 Å². The first-order valence-corrected chi connectivity index (χ1v) is 6.82. The summed E-state index contributed by atoms with van der Waals surface area (Å²) in [5.74, 6) is -0.533. The molecule has 0 saturated carbocycles. The summed E-state index contributed by atoms with van der Waals surface area (Å²) < 4.78 is 39.0. The van der Waals surface area contributed by atoms with E-state index in [4.69, 9.17) is 0 Å². The molecule has 0 spiro atoms. The van der Waals surface area contributed by atoms with Crippen molar-refractivity contribution in [3.63, 3.8) is 0 Å². The number of rotatable bonds is 3. The summed E-state index contributed by atoms with van der Waals surface area (Å²) in [5, 5.41) is 3.01. The van der Waals surface area contributed by atoms with Crippen LogP contribution in [0.4, 0.5) is 4.39 Å². The molecule has 2 rings (SSSR count). The van der Waals surface area contributed by atoms with Crippen molar-refractivity contribution in [3.8, 4) is 0 Å². The van der Waals surface area contributed by atoms with E-state index >= 15 is 0 Å². The lowest BCUT2D eigenvalue weighted by Crippen LogP contribution is -2.57. The van der Waals surface area contributed by atoms with Crippen molar-refractivity contribution in [2.24, 2.45) is 0 Å². The number of sulfonamides is 1. The van der Waals surface area contributed by atoms with Crippen molar-refractivity contribution in [2.45, 2.75) is 17.9 Å². The van der Waals surface area contributed by atoms with Crippen LogP contribution in [0.15, 0.2) is 23.1 Å². The van der Waals surface area contributed by atoms with E-state index < -0.39 is 15.8 Å². The number of benzene rings is 1. The van der Waals surface area contributed by atoms with Crippen molar-refractivity contribution < 1.29 is 12.8 Å². The highest BCUT2D eigenvalue weighted by Crippen LogP contribution is 2.22. The highest BCUT2D eigenvalue weighted by molar-refractivity contribution is 7.89. The Morgan fingerprint density at radius 1 is 1.39 bits per heavy atom. The zero-order valence-electron chi connectivity index (χ0n) is 10.2. The first-order chi connectivity index (χ1) is 7.93. The van der Waals surface area contributed by atoms with Crippen molar-refractivity contribution in [1.29, 1.82) is 0 Å². The molecule has 18 heavy (non-hydrogen) atoms. The van der Waals surface area contributed by atoms with Crippen LogP contribution in [0, 0.1) is 12.7 Å². The zero-order valence-corrected chi connectivity index (χ0v) is 11.8. The molecule has 1 aliphatic rings. The Balaban J connectivity index is 0.00000162. The van der Waals surface area contributed by atoms with Crippen LogP contribution in [0.1, 0.15) is 5.56 Å². The van der Waals surface area contributed by atoms with Crippen LogP contribution in [-0.4, -0.2) is 38.9 Å². The Morgan fingerprint density at radius 3 is 2.50 bits per heavy atom. The number of aryl methyl sites for hydroxylation is 1. The van der Waals surface area contributed by atoms with E-state index in [9.17, 15) is 12.8 Å². The van der Waals surface area contributed by atoms with Crippen molar-refractivity contribution >= 4 is 22.4 Å². The van der Waals surface area contributed by atoms with E-state index in [0.717, 1.165) is 6.07 Å². The van der Waals surface area contributed by atoms with Crippen LogP contribution in [-0.2, 0) is 10.0 Å². The number of halogens is 2. The van der Waals surface area contributed by atoms with Crippen molar-refractivity contribution in [3.05, 3.63) is 29.6 Å². The van der Waals surface area contributed by atoms with Gasteiger partial charge in [0, 0.05) is 26.2 Å². The topological polar surface area (TPSA) is 49.4 Å². The summed E-state index contributed by atoms with van der Waals surface area (Å²) in [6.07, 6.45) is 0. The minimum atomic E-state index is -3.60. The van der Waals surface area contributed by atoms with Gasteiger partial charge in [0.25, 0.3) is 0 Å². The van der Waals surface area contributed by atoms with Gasteiger partial charge >= 0.3 is 0 Å². The molecular formula is C11H16ClFN2O2S. The van der Waals surface area contributed by atoms with E-state index in [1.165, 1.54) is 23.5 Å². The molecule has 0 bridgehead atoms. The van der Waals surface area contributed by atoms with Gasteiger partial charge in [-0.2, -0.15) is 4.31 Å². The van der Waals surface area contributed by atoms with E-state index in [0.29, 0.717) is 18.7 Å². The fourth-order valence-corrected chi connectivity index (χ4v) is 3.32. The highest BCUT2D eigenvalue weighted by Gasteiger charge is 2.32. The smallest absolute Gasteiger partial charge is 0.243 e. The summed E-state index contributed by atoms with van der Waals surface area (Å²) >= 11 is 0. The second kappa shape index (κ2) is 5.52. The molecular weight excluding hydrogens is 279 g/mol. The predicted molar refractivity (Wildman–Crippen MR) is 70.0 cm³/mol. The minimum Gasteiger partial charge on any atom is -0.313 e. The lowest BCUT2D eigenvalue weighted by atomic mass is 10.2. The SMILES string of the molecule is Cc1ccc(F)cc1S(=O)(=O)N(C)C1CNC1.Cl. The maximum absolute atomic E-state index is 13.1. The Kier molecular flexibility index (Phi) is 4.72. The Bertz CT molecular complexity index is 532. The maximum Gasteiger partial charge on any atom is 0.243 e. The first-order valence-electron chi connectivity index (χ1n) is 5.38. The third kappa shape index (κ3) is 2.66. The normalized spacial score (nSPS) is 16.2. The lowest BCUT2D eigenvalue weighted by Gasteiger charge is -2.34. The summed E-state index contributed by atoms with van der Waals surface area (Å²) in [7, 11) is -2.07. The minimum absolute atomic E-state index is 0. The number of nitrogens with one attached hydrogen (secondary N) is 1. The summed E-state index contributed by atoms with van der Waals surface area (Å²) in [4.78, 5) is 0.0481. The average Bonchev–Trinajstić information content (AvgIpc) is 2.19. The Morgan fingerprint density at radius 2 is 2.00 bits per heavy atom. The van der Waals surface area contributed by atoms with E-state index in [-0.39, 0.29) is 23.3 Å². The summed E-state index contributed by atoms with van der Waals surface area (Å²) in [6, 6.07) is 3.78. The molecule has 0 radical (unpaired) electrons. The van der Waals surface area contributed by atoms with Gasteiger partial charge in [-0.15, -0.1) is 12.4 Å². The molecule has 0 unspecified atom stereocenters. The lowest BCUT2D eigenvalue weighted by molar-refractivity contribution is 0.274. The average molecular weight is 295 g/mol. The van der Waals surface area contributed by atoms with Gasteiger partial charge in [-0.1, -0.05) is 6.07 Å². The van der Waals surface area contributed by atoms with E-state index in [1.807, 2.05) is 0 Å². The highest BCUT2D eigenvalue weighted by atomic mass is 35.5. The van der Waals surface area contributed by atoms with Crippen LogP contribution >= 0.6 is 12.4 Å². The van der Waals surface area contributed by atoms with E-state index in [1.54, 1.807) is 6.92 Å². The largest absolute Gasteiger partial charge is 0.313 e. The molecule has 1 N–H and O–H groups in total. The van der Waals surface area contributed by atoms with Gasteiger partial charge in [0.1, 0.15) is 5.82 Å². The quantitative estimate of drug-likeness (QED) is 0.910. The molecule has 1 aromatic rings. The van der Waals surface area contributed by atoms with Gasteiger partial charge < -0.3 is 5.32 Å². The van der Waals surface area contributed by atoms with Gasteiger partial charge in [0.2, 0.25) is 10.0 Å². The molecule has 4 nitrogen and oxygen atoms in total.